The summed E-state index contributed by atoms with van der Waals surface area (Å²) in [6.45, 7) is 8.88. The molecule has 0 spiro atoms. The SMILES string of the molecule is CCO/C=C\C#CC(C)(C)C. The Morgan fingerprint density at radius 3 is 2.45 bits per heavy atom. The topological polar surface area (TPSA) is 9.23 Å². The van der Waals surface area contributed by atoms with Gasteiger partial charge in [-0.05, 0) is 27.7 Å². The van der Waals surface area contributed by atoms with Crippen LogP contribution in [0.3, 0.4) is 0 Å². The fourth-order valence-electron chi connectivity index (χ4n) is 0.437. The first-order valence-electron chi connectivity index (χ1n) is 3.85. The maximum Gasteiger partial charge on any atom is 0.0912 e. The first-order chi connectivity index (χ1) is 5.06. The van der Waals surface area contributed by atoms with E-state index < -0.39 is 0 Å². The third-order valence-corrected chi connectivity index (χ3v) is 0.861. The molecule has 0 heterocycles. The van der Waals surface area contributed by atoms with Crippen molar-refractivity contribution in [3.63, 3.8) is 0 Å². The van der Waals surface area contributed by atoms with Crippen molar-refractivity contribution >= 4 is 0 Å². The molecule has 0 aliphatic carbocycles. The quantitative estimate of drug-likeness (QED) is 0.436. The van der Waals surface area contributed by atoms with Gasteiger partial charge in [0.1, 0.15) is 0 Å². The van der Waals surface area contributed by atoms with Crippen molar-refractivity contribution in [2.75, 3.05) is 6.61 Å². The Labute approximate surface area is 69.4 Å². The Balaban J connectivity index is 3.72. The summed E-state index contributed by atoms with van der Waals surface area (Å²) in [5.74, 6) is 5.97. The van der Waals surface area contributed by atoms with Crippen molar-refractivity contribution in [3.8, 4) is 11.8 Å². The lowest BCUT2D eigenvalue weighted by atomic mass is 9.98. The number of rotatable bonds is 2. The molecule has 0 aliphatic rings. The Bertz CT molecular complexity index is 173. The molecule has 0 N–H and O–H groups in total. The molecule has 11 heavy (non-hydrogen) atoms. The number of hydrogen-bond acceptors (Lipinski definition) is 1. The van der Waals surface area contributed by atoms with Crippen LogP contribution in [-0.4, -0.2) is 6.61 Å². The van der Waals surface area contributed by atoms with Gasteiger partial charge in [0, 0.05) is 11.5 Å². The average molecular weight is 152 g/mol. The molecule has 1 nitrogen and oxygen atoms in total. The van der Waals surface area contributed by atoms with Gasteiger partial charge in [-0.15, -0.1) is 0 Å². The van der Waals surface area contributed by atoms with E-state index in [2.05, 4.69) is 32.6 Å². The Morgan fingerprint density at radius 1 is 1.36 bits per heavy atom. The molecule has 0 atom stereocenters. The smallest absolute Gasteiger partial charge is 0.0912 e. The standard InChI is InChI=1S/C10H16O/c1-5-11-9-7-6-8-10(2,3)4/h7,9H,5H2,1-4H3/b9-7-. The molecule has 0 unspecified atom stereocenters. The van der Waals surface area contributed by atoms with E-state index in [0.29, 0.717) is 6.61 Å². The van der Waals surface area contributed by atoms with E-state index >= 15 is 0 Å². The van der Waals surface area contributed by atoms with Crippen LogP contribution in [0.25, 0.3) is 0 Å². The van der Waals surface area contributed by atoms with Gasteiger partial charge in [0.2, 0.25) is 0 Å². The fourth-order valence-corrected chi connectivity index (χ4v) is 0.437. The molecular formula is C10H16O. The van der Waals surface area contributed by atoms with Crippen molar-refractivity contribution in [3.05, 3.63) is 12.3 Å². The summed E-state index contributed by atoms with van der Waals surface area (Å²) >= 11 is 0. The van der Waals surface area contributed by atoms with Gasteiger partial charge in [0.05, 0.1) is 12.9 Å². The minimum atomic E-state index is 0.0799. The van der Waals surface area contributed by atoms with E-state index in [4.69, 9.17) is 4.74 Å². The van der Waals surface area contributed by atoms with Gasteiger partial charge in [-0.3, -0.25) is 0 Å². The van der Waals surface area contributed by atoms with Crippen molar-refractivity contribution in [2.45, 2.75) is 27.7 Å². The zero-order valence-corrected chi connectivity index (χ0v) is 7.77. The molecule has 0 rings (SSSR count). The van der Waals surface area contributed by atoms with Crippen molar-refractivity contribution in [2.24, 2.45) is 5.41 Å². The van der Waals surface area contributed by atoms with E-state index in [-0.39, 0.29) is 5.41 Å². The van der Waals surface area contributed by atoms with Gasteiger partial charge in [-0.25, -0.2) is 0 Å². The molecule has 0 amide bonds. The van der Waals surface area contributed by atoms with E-state index in [0.717, 1.165) is 0 Å². The first-order valence-corrected chi connectivity index (χ1v) is 3.85. The number of allylic oxidation sites excluding steroid dienone is 1. The summed E-state index contributed by atoms with van der Waals surface area (Å²) in [6, 6.07) is 0. The van der Waals surface area contributed by atoms with Gasteiger partial charge in [-0.2, -0.15) is 0 Å². The van der Waals surface area contributed by atoms with E-state index in [1.807, 2.05) is 6.92 Å². The Hall–Kier alpha value is -0.900. The van der Waals surface area contributed by atoms with Crippen molar-refractivity contribution in [1.82, 2.24) is 0 Å². The molecule has 0 aromatic carbocycles. The number of hydrogen-bond donors (Lipinski definition) is 0. The molecular weight excluding hydrogens is 136 g/mol. The van der Waals surface area contributed by atoms with Crippen LogP contribution in [0.4, 0.5) is 0 Å². The summed E-state index contributed by atoms with van der Waals surface area (Å²) in [5, 5.41) is 0. The minimum absolute atomic E-state index is 0.0799. The molecule has 0 aromatic rings. The van der Waals surface area contributed by atoms with Crippen LogP contribution in [0.15, 0.2) is 12.3 Å². The van der Waals surface area contributed by atoms with Crippen LogP contribution in [0, 0.1) is 17.3 Å². The van der Waals surface area contributed by atoms with Crippen molar-refractivity contribution < 1.29 is 4.74 Å². The van der Waals surface area contributed by atoms with Gasteiger partial charge in [-0.1, -0.05) is 11.8 Å². The van der Waals surface area contributed by atoms with Crippen LogP contribution in [-0.2, 0) is 4.74 Å². The van der Waals surface area contributed by atoms with Gasteiger partial charge >= 0.3 is 0 Å². The van der Waals surface area contributed by atoms with Crippen LogP contribution in [0.2, 0.25) is 0 Å². The van der Waals surface area contributed by atoms with Crippen LogP contribution in [0.5, 0.6) is 0 Å². The molecule has 0 saturated carbocycles. The Morgan fingerprint density at radius 2 is 2.00 bits per heavy atom. The molecule has 0 saturated heterocycles. The zero-order valence-electron chi connectivity index (χ0n) is 7.77. The third kappa shape index (κ3) is 9.10. The maximum absolute atomic E-state index is 4.97. The lowest BCUT2D eigenvalue weighted by molar-refractivity contribution is 0.269. The molecule has 0 aliphatic heterocycles. The molecule has 0 bridgehead atoms. The maximum atomic E-state index is 4.97. The fraction of sp³-hybridized carbons (Fsp3) is 0.600. The summed E-state index contributed by atoms with van der Waals surface area (Å²) in [5.41, 5.74) is 0.0799. The second-order valence-corrected chi connectivity index (χ2v) is 3.28. The second-order valence-electron chi connectivity index (χ2n) is 3.28. The highest BCUT2D eigenvalue weighted by molar-refractivity contribution is 5.17. The van der Waals surface area contributed by atoms with Gasteiger partial charge in [0.15, 0.2) is 0 Å². The molecule has 0 fully saturated rings. The van der Waals surface area contributed by atoms with Gasteiger partial charge in [0.25, 0.3) is 0 Å². The third-order valence-electron chi connectivity index (χ3n) is 0.861. The highest BCUT2D eigenvalue weighted by Gasteiger charge is 2.01. The van der Waals surface area contributed by atoms with Crippen LogP contribution in [0.1, 0.15) is 27.7 Å². The molecule has 0 radical (unpaired) electrons. The van der Waals surface area contributed by atoms with E-state index in [1.54, 1.807) is 12.3 Å². The normalized spacial score (nSPS) is 10.9. The summed E-state index contributed by atoms with van der Waals surface area (Å²) < 4.78 is 4.97. The van der Waals surface area contributed by atoms with Crippen molar-refractivity contribution in [1.29, 1.82) is 0 Å². The monoisotopic (exact) mass is 152 g/mol. The second kappa shape index (κ2) is 4.85. The predicted octanol–water partition coefficient (Wildman–Crippen LogP) is 2.59. The molecule has 62 valence electrons. The average Bonchev–Trinajstić information content (AvgIpc) is 1.85. The van der Waals surface area contributed by atoms with Crippen LogP contribution >= 0.6 is 0 Å². The van der Waals surface area contributed by atoms with Crippen LogP contribution < -0.4 is 0 Å². The summed E-state index contributed by atoms with van der Waals surface area (Å²) in [4.78, 5) is 0. The van der Waals surface area contributed by atoms with E-state index in [1.165, 1.54) is 0 Å². The largest absolute Gasteiger partial charge is 0.501 e. The lowest BCUT2D eigenvalue weighted by Gasteiger charge is -2.05. The lowest BCUT2D eigenvalue weighted by Crippen LogP contribution is -1.98. The predicted molar refractivity (Wildman–Crippen MR) is 48.0 cm³/mol. The summed E-state index contributed by atoms with van der Waals surface area (Å²) in [7, 11) is 0. The Kier molecular flexibility index (Phi) is 4.45. The number of ether oxygens (including phenoxy) is 1. The van der Waals surface area contributed by atoms with E-state index in [9.17, 15) is 0 Å². The molecule has 1 heteroatoms. The minimum Gasteiger partial charge on any atom is -0.501 e. The molecule has 0 aromatic heterocycles. The highest BCUT2D eigenvalue weighted by atomic mass is 16.5. The zero-order chi connectivity index (χ0) is 8.74. The summed E-state index contributed by atoms with van der Waals surface area (Å²) in [6.07, 6.45) is 3.35. The highest BCUT2D eigenvalue weighted by Crippen LogP contribution is 2.09. The van der Waals surface area contributed by atoms with Gasteiger partial charge < -0.3 is 4.74 Å². The first kappa shape index (κ1) is 10.1.